The Morgan fingerprint density at radius 2 is 1.53 bits per heavy atom. The molecule has 0 aromatic heterocycles. The molecule has 2 saturated carbocycles. The SMILES string of the molecule is NS(=O)(=O)c1ccc(CCNC(=O)[C@@H]2[C@@H](C(=O)Nc3ccc(Br)cc3)[C@@H]3C=C[C@@H]2C32CC2)cc1. The van der Waals surface area contributed by atoms with E-state index >= 15 is 0 Å². The van der Waals surface area contributed by atoms with Crippen molar-refractivity contribution < 1.29 is 18.0 Å². The van der Waals surface area contributed by atoms with Gasteiger partial charge in [-0.1, -0.05) is 40.2 Å². The maximum absolute atomic E-state index is 13.3. The summed E-state index contributed by atoms with van der Waals surface area (Å²) in [6.07, 6.45) is 6.93. The van der Waals surface area contributed by atoms with Crippen molar-refractivity contribution in [3.8, 4) is 0 Å². The Hall–Kier alpha value is -2.49. The smallest absolute Gasteiger partial charge is 0.238 e. The van der Waals surface area contributed by atoms with Gasteiger partial charge >= 0.3 is 0 Å². The molecule has 34 heavy (non-hydrogen) atoms. The Kier molecular flexibility index (Phi) is 5.90. The fourth-order valence-electron chi connectivity index (χ4n) is 5.76. The van der Waals surface area contributed by atoms with Crippen LogP contribution in [-0.2, 0) is 26.0 Å². The van der Waals surface area contributed by atoms with E-state index in [1.165, 1.54) is 12.1 Å². The van der Waals surface area contributed by atoms with E-state index in [4.69, 9.17) is 5.14 Å². The lowest BCUT2D eigenvalue weighted by molar-refractivity contribution is -0.132. The van der Waals surface area contributed by atoms with E-state index in [1.54, 1.807) is 12.1 Å². The van der Waals surface area contributed by atoms with Gasteiger partial charge in [-0.15, -0.1) is 0 Å². The molecule has 9 heteroatoms. The van der Waals surface area contributed by atoms with Crippen molar-refractivity contribution in [1.29, 1.82) is 0 Å². The summed E-state index contributed by atoms with van der Waals surface area (Å²) < 4.78 is 23.8. The van der Waals surface area contributed by atoms with Crippen molar-refractivity contribution in [3.63, 3.8) is 0 Å². The Morgan fingerprint density at radius 3 is 2.09 bits per heavy atom. The number of hydrogen-bond donors (Lipinski definition) is 3. The maximum Gasteiger partial charge on any atom is 0.238 e. The summed E-state index contributed by atoms with van der Waals surface area (Å²) in [4.78, 5) is 26.7. The van der Waals surface area contributed by atoms with Crippen LogP contribution in [0.4, 0.5) is 5.69 Å². The van der Waals surface area contributed by atoms with Crippen LogP contribution in [0, 0.1) is 29.1 Å². The van der Waals surface area contributed by atoms with Crippen molar-refractivity contribution >= 4 is 43.5 Å². The second-order valence-electron chi connectivity index (χ2n) is 9.45. The van der Waals surface area contributed by atoms with Crippen LogP contribution < -0.4 is 15.8 Å². The third kappa shape index (κ3) is 4.21. The molecule has 1 spiro atoms. The third-order valence-corrected chi connectivity index (χ3v) is 8.98. The lowest BCUT2D eigenvalue weighted by atomic mass is 9.81. The standard InChI is InChI=1S/C25H26BrN3O4S/c26-16-3-5-17(6-4-16)29-24(31)22-20-10-9-19(25(20)12-13-25)21(22)23(30)28-14-11-15-1-7-18(8-2-15)34(27,32)33/h1-10,19-22H,11-14H2,(H,28,30)(H,29,31)(H2,27,32,33)/t19-,20-,21-,22-/m0/s1. The number of carbonyl (C=O) groups is 2. The highest BCUT2D eigenvalue weighted by atomic mass is 79.9. The first kappa shape index (κ1) is 23.3. The van der Waals surface area contributed by atoms with Crippen LogP contribution in [0.2, 0.25) is 0 Å². The summed E-state index contributed by atoms with van der Waals surface area (Å²) >= 11 is 3.40. The Morgan fingerprint density at radius 1 is 0.941 bits per heavy atom. The van der Waals surface area contributed by atoms with Crippen LogP contribution in [0.15, 0.2) is 70.1 Å². The zero-order valence-electron chi connectivity index (χ0n) is 18.4. The number of hydrogen-bond acceptors (Lipinski definition) is 4. The minimum absolute atomic E-state index is 0.0587. The molecule has 0 saturated heterocycles. The highest BCUT2D eigenvalue weighted by Crippen LogP contribution is 2.72. The van der Waals surface area contributed by atoms with Gasteiger partial charge in [-0.05, 0) is 78.5 Å². The molecule has 7 nitrogen and oxygen atoms in total. The summed E-state index contributed by atoms with van der Waals surface area (Å²) in [5, 5.41) is 11.2. The van der Waals surface area contributed by atoms with Crippen LogP contribution in [-0.4, -0.2) is 26.8 Å². The van der Waals surface area contributed by atoms with Gasteiger partial charge < -0.3 is 10.6 Å². The Labute approximate surface area is 207 Å². The van der Waals surface area contributed by atoms with Gasteiger partial charge in [0.1, 0.15) is 0 Å². The molecular weight excluding hydrogens is 518 g/mol. The van der Waals surface area contributed by atoms with Gasteiger partial charge in [0.15, 0.2) is 0 Å². The number of carbonyl (C=O) groups excluding carboxylic acids is 2. The van der Waals surface area contributed by atoms with Gasteiger partial charge in [-0.25, -0.2) is 13.6 Å². The minimum Gasteiger partial charge on any atom is -0.355 e. The lowest BCUT2D eigenvalue weighted by Gasteiger charge is -2.26. The van der Waals surface area contributed by atoms with Gasteiger partial charge in [0.05, 0.1) is 16.7 Å². The number of allylic oxidation sites excluding steroid dienone is 2. The zero-order chi connectivity index (χ0) is 24.1. The number of nitrogens with one attached hydrogen (secondary N) is 2. The van der Waals surface area contributed by atoms with Gasteiger partial charge in [0.2, 0.25) is 21.8 Å². The van der Waals surface area contributed by atoms with E-state index in [1.807, 2.05) is 24.3 Å². The largest absolute Gasteiger partial charge is 0.355 e. The predicted octanol–water partition coefficient (Wildman–Crippen LogP) is 3.22. The van der Waals surface area contributed by atoms with Gasteiger partial charge in [0.25, 0.3) is 0 Å². The number of primary sulfonamides is 1. The molecule has 3 aliphatic carbocycles. The molecular formula is C25H26BrN3O4S. The lowest BCUT2D eigenvalue weighted by Crippen LogP contribution is -2.42. The summed E-state index contributed by atoms with van der Waals surface area (Å²) in [5.74, 6) is -0.806. The summed E-state index contributed by atoms with van der Waals surface area (Å²) in [5.41, 5.74) is 1.67. The van der Waals surface area contributed by atoms with E-state index < -0.39 is 21.9 Å². The predicted molar refractivity (Wildman–Crippen MR) is 132 cm³/mol. The van der Waals surface area contributed by atoms with E-state index in [0.717, 1.165) is 22.9 Å². The third-order valence-electron chi connectivity index (χ3n) is 7.52. The van der Waals surface area contributed by atoms with Crippen molar-refractivity contribution in [2.75, 3.05) is 11.9 Å². The van der Waals surface area contributed by atoms with E-state index in [0.29, 0.717) is 18.7 Å². The maximum atomic E-state index is 13.3. The topological polar surface area (TPSA) is 118 Å². The molecule has 0 aliphatic heterocycles. The molecule has 2 bridgehead atoms. The van der Waals surface area contributed by atoms with Gasteiger partial charge in [-0.3, -0.25) is 9.59 Å². The number of halogens is 1. The summed E-state index contributed by atoms with van der Waals surface area (Å²) in [6, 6.07) is 13.7. The molecule has 5 rings (SSSR count). The monoisotopic (exact) mass is 543 g/mol. The van der Waals surface area contributed by atoms with E-state index in [2.05, 4.69) is 38.7 Å². The number of nitrogens with two attached hydrogens (primary N) is 1. The first-order valence-corrected chi connectivity index (χ1v) is 13.7. The average Bonchev–Trinajstić information content (AvgIpc) is 3.47. The molecule has 3 aliphatic rings. The number of sulfonamides is 1. The minimum atomic E-state index is -3.73. The van der Waals surface area contributed by atoms with Gasteiger partial charge in [0, 0.05) is 16.7 Å². The molecule has 2 fully saturated rings. The van der Waals surface area contributed by atoms with Crippen molar-refractivity contribution in [1.82, 2.24) is 5.32 Å². The molecule has 2 aromatic carbocycles. The number of anilines is 1. The van der Waals surface area contributed by atoms with E-state index in [9.17, 15) is 18.0 Å². The van der Waals surface area contributed by atoms with Crippen LogP contribution in [0.5, 0.6) is 0 Å². The molecule has 0 radical (unpaired) electrons. The average molecular weight is 544 g/mol. The molecule has 4 atom stereocenters. The zero-order valence-corrected chi connectivity index (χ0v) is 20.8. The summed E-state index contributed by atoms with van der Waals surface area (Å²) in [6.45, 7) is 0.402. The second kappa shape index (κ2) is 8.62. The fourth-order valence-corrected chi connectivity index (χ4v) is 6.54. The normalized spacial score (nSPS) is 25.9. The van der Waals surface area contributed by atoms with Crippen LogP contribution in [0.1, 0.15) is 18.4 Å². The van der Waals surface area contributed by atoms with Crippen LogP contribution >= 0.6 is 15.9 Å². The second-order valence-corrected chi connectivity index (χ2v) is 11.9. The molecule has 0 heterocycles. The van der Waals surface area contributed by atoms with Crippen molar-refractivity contribution in [3.05, 3.63) is 70.7 Å². The number of rotatable bonds is 7. The van der Waals surface area contributed by atoms with Crippen LogP contribution in [0.25, 0.3) is 0 Å². The first-order valence-electron chi connectivity index (χ1n) is 11.3. The highest BCUT2D eigenvalue weighted by molar-refractivity contribution is 9.10. The summed E-state index contributed by atoms with van der Waals surface area (Å²) in [7, 11) is -3.73. The highest BCUT2D eigenvalue weighted by Gasteiger charge is 2.69. The number of amides is 2. The van der Waals surface area contributed by atoms with Crippen LogP contribution in [0.3, 0.4) is 0 Å². The quantitative estimate of drug-likeness (QED) is 0.464. The fraction of sp³-hybridized carbons (Fsp3) is 0.360. The molecule has 0 unspecified atom stereocenters. The van der Waals surface area contributed by atoms with E-state index in [-0.39, 0.29) is 34.0 Å². The van der Waals surface area contributed by atoms with Crippen molar-refractivity contribution in [2.45, 2.75) is 24.2 Å². The molecule has 178 valence electrons. The van der Waals surface area contributed by atoms with Crippen molar-refractivity contribution in [2.24, 2.45) is 34.2 Å². The Bertz CT molecular complexity index is 1250. The Balaban J connectivity index is 1.26. The van der Waals surface area contributed by atoms with Gasteiger partial charge in [-0.2, -0.15) is 0 Å². The first-order chi connectivity index (χ1) is 16.2. The number of benzene rings is 2. The molecule has 2 amide bonds. The molecule has 4 N–H and O–H groups in total. The molecule has 2 aromatic rings.